The third-order valence-corrected chi connectivity index (χ3v) is 6.33. The van der Waals surface area contributed by atoms with Crippen molar-refractivity contribution in [2.24, 2.45) is 5.41 Å². The number of hydrogen-bond donors (Lipinski definition) is 3. The lowest BCUT2D eigenvalue weighted by Gasteiger charge is -2.38. The van der Waals surface area contributed by atoms with Crippen LogP contribution in [0.5, 0.6) is 5.75 Å². The van der Waals surface area contributed by atoms with Gasteiger partial charge in [0.15, 0.2) is 0 Å². The molecule has 0 radical (unpaired) electrons. The Balaban J connectivity index is 2.12. The minimum Gasteiger partial charge on any atom is -0.496 e. The monoisotopic (exact) mass is 499 g/mol. The Bertz CT molecular complexity index is 1510. The van der Waals surface area contributed by atoms with E-state index in [4.69, 9.17) is 9.47 Å². The molecule has 0 saturated heterocycles. The fourth-order valence-corrected chi connectivity index (χ4v) is 4.30. The highest BCUT2D eigenvalue weighted by molar-refractivity contribution is 5.90. The standard InChI is InChI=1S/C26H24F3N3O4/c1-14-9-19(35-4)21(17-7-8-31-22(14)17)25(26(27,28)29,36-13-24(2,3)23(33)34)20-11-16-10-15(12-30)5-6-18(16)32-20/h5-11,31-32H,13H2,1-4H3,(H,33,34). The molecule has 1 atom stereocenters. The van der Waals surface area contributed by atoms with E-state index in [1.165, 1.54) is 63.6 Å². The van der Waals surface area contributed by atoms with Crippen molar-refractivity contribution in [1.82, 2.24) is 9.97 Å². The zero-order chi connectivity index (χ0) is 26.5. The van der Waals surface area contributed by atoms with E-state index in [1.54, 1.807) is 6.92 Å². The molecule has 1 unspecified atom stereocenters. The quantitative estimate of drug-likeness (QED) is 0.299. The van der Waals surface area contributed by atoms with Gasteiger partial charge in [0.2, 0.25) is 5.60 Å². The van der Waals surface area contributed by atoms with Crippen LogP contribution < -0.4 is 4.74 Å². The summed E-state index contributed by atoms with van der Waals surface area (Å²) in [6.45, 7) is 3.56. The van der Waals surface area contributed by atoms with Crippen LogP contribution in [-0.4, -0.2) is 40.9 Å². The molecule has 0 fully saturated rings. The maximum atomic E-state index is 15.4. The highest BCUT2D eigenvalue weighted by atomic mass is 19.4. The van der Waals surface area contributed by atoms with Crippen molar-refractivity contribution in [3.8, 4) is 11.8 Å². The van der Waals surface area contributed by atoms with Crippen molar-refractivity contribution in [2.45, 2.75) is 32.5 Å². The van der Waals surface area contributed by atoms with Gasteiger partial charge in [-0.1, -0.05) is 0 Å². The maximum absolute atomic E-state index is 15.4. The van der Waals surface area contributed by atoms with E-state index >= 15 is 13.2 Å². The lowest BCUT2D eigenvalue weighted by Crippen LogP contribution is -2.49. The first kappa shape index (κ1) is 25.1. The minimum atomic E-state index is -5.06. The van der Waals surface area contributed by atoms with Gasteiger partial charge in [0, 0.05) is 28.0 Å². The lowest BCUT2D eigenvalue weighted by atomic mass is 9.84. The van der Waals surface area contributed by atoms with Crippen molar-refractivity contribution in [1.29, 1.82) is 5.26 Å². The Labute approximate surface area is 204 Å². The SMILES string of the molecule is COc1cc(C)c2[nH]ccc2c1C(OCC(C)(C)C(=O)O)(c1cc2cc(C#N)ccc2[nH]1)C(F)(F)F. The number of carboxylic acids is 1. The molecule has 10 heteroatoms. The smallest absolute Gasteiger partial charge is 0.427 e. The van der Waals surface area contributed by atoms with Gasteiger partial charge in [-0.05, 0) is 62.7 Å². The van der Waals surface area contributed by atoms with Gasteiger partial charge in [-0.15, -0.1) is 0 Å². The number of carbonyl (C=O) groups is 1. The number of H-pyrrole nitrogens is 2. The van der Waals surface area contributed by atoms with Gasteiger partial charge < -0.3 is 24.5 Å². The average molecular weight is 499 g/mol. The number of nitriles is 1. The number of carboxylic acid groups (broad SMARTS) is 1. The summed E-state index contributed by atoms with van der Waals surface area (Å²) >= 11 is 0. The van der Waals surface area contributed by atoms with Crippen LogP contribution >= 0.6 is 0 Å². The van der Waals surface area contributed by atoms with Gasteiger partial charge in [-0.3, -0.25) is 4.79 Å². The summed E-state index contributed by atoms with van der Waals surface area (Å²) in [5, 5.41) is 19.4. The molecule has 2 aromatic heterocycles. The third-order valence-electron chi connectivity index (χ3n) is 6.33. The summed E-state index contributed by atoms with van der Waals surface area (Å²) in [7, 11) is 1.27. The van der Waals surface area contributed by atoms with Gasteiger partial charge in [0.25, 0.3) is 0 Å². The second-order valence-corrected chi connectivity index (χ2v) is 9.29. The van der Waals surface area contributed by atoms with Gasteiger partial charge in [0.1, 0.15) is 5.75 Å². The number of aliphatic carboxylic acids is 1. The first-order chi connectivity index (χ1) is 16.9. The Morgan fingerprint density at radius 3 is 2.50 bits per heavy atom. The summed E-state index contributed by atoms with van der Waals surface area (Å²) in [4.78, 5) is 17.6. The molecular formula is C26H24F3N3O4. The molecule has 36 heavy (non-hydrogen) atoms. The van der Waals surface area contributed by atoms with E-state index < -0.39 is 29.8 Å². The van der Waals surface area contributed by atoms with Crippen LogP contribution in [0, 0.1) is 23.7 Å². The molecule has 4 rings (SSSR count). The largest absolute Gasteiger partial charge is 0.496 e. The van der Waals surface area contributed by atoms with Crippen LogP contribution in [0.1, 0.15) is 36.2 Å². The number of halogens is 3. The Hall–Kier alpha value is -3.97. The van der Waals surface area contributed by atoms with Gasteiger partial charge in [-0.25, -0.2) is 0 Å². The Kier molecular flexibility index (Phi) is 6.01. The highest BCUT2D eigenvalue weighted by Crippen LogP contribution is 2.53. The molecule has 2 heterocycles. The van der Waals surface area contributed by atoms with Crippen molar-refractivity contribution in [3.63, 3.8) is 0 Å². The molecule has 3 N–H and O–H groups in total. The molecule has 7 nitrogen and oxygen atoms in total. The molecule has 0 aliphatic carbocycles. The van der Waals surface area contributed by atoms with E-state index in [0.717, 1.165) is 0 Å². The third kappa shape index (κ3) is 3.85. The van der Waals surface area contributed by atoms with Crippen molar-refractivity contribution in [3.05, 3.63) is 65.0 Å². The van der Waals surface area contributed by atoms with Crippen molar-refractivity contribution < 1.29 is 32.5 Å². The van der Waals surface area contributed by atoms with Crippen molar-refractivity contribution >= 4 is 27.8 Å². The summed E-state index contributed by atoms with van der Waals surface area (Å²) in [6.07, 6.45) is -3.54. The van der Waals surface area contributed by atoms with Crippen LogP contribution in [0.25, 0.3) is 21.8 Å². The number of hydrogen-bond acceptors (Lipinski definition) is 4. The molecule has 0 aliphatic rings. The lowest BCUT2D eigenvalue weighted by molar-refractivity contribution is -0.274. The average Bonchev–Trinajstić information content (AvgIpc) is 3.46. The first-order valence-electron chi connectivity index (χ1n) is 11.0. The molecular weight excluding hydrogens is 475 g/mol. The van der Waals surface area contributed by atoms with Crippen LogP contribution in [0.15, 0.2) is 42.6 Å². The molecule has 0 spiro atoms. The molecule has 0 amide bonds. The van der Waals surface area contributed by atoms with Crippen LogP contribution in [0.4, 0.5) is 13.2 Å². The van der Waals surface area contributed by atoms with Gasteiger partial charge >= 0.3 is 12.1 Å². The maximum Gasteiger partial charge on any atom is 0.427 e. The molecule has 0 bridgehead atoms. The second-order valence-electron chi connectivity index (χ2n) is 9.29. The summed E-state index contributed by atoms with van der Waals surface area (Å²) in [6, 6.07) is 10.7. The summed E-state index contributed by atoms with van der Waals surface area (Å²) in [5.74, 6) is -1.38. The second kappa shape index (κ2) is 8.60. The van der Waals surface area contributed by atoms with Gasteiger partial charge in [0.05, 0.1) is 42.0 Å². The number of ether oxygens (including phenoxy) is 2. The number of rotatable bonds is 7. The zero-order valence-electron chi connectivity index (χ0n) is 20.0. The number of nitrogens with one attached hydrogen (secondary N) is 2. The normalized spacial score (nSPS) is 14.1. The van der Waals surface area contributed by atoms with Gasteiger partial charge in [-0.2, -0.15) is 18.4 Å². The van der Waals surface area contributed by atoms with Crippen LogP contribution in [0.2, 0.25) is 0 Å². The number of aromatic nitrogens is 2. The van der Waals surface area contributed by atoms with E-state index in [-0.39, 0.29) is 28.0 Å². The van der Waals surface area contributed by atoms with E-state index in [2.05, 4.69) is 9.97 Å². The van der Waals surface area contributed by atoms with Crippen LogP contribution in [0.3, 0.4) is 0 Å². The molecule has 4 aromatic rings. The molecule has 188 valence electrons. The molecule has 2 aromatic carbocycles. The van der Waals surface area contributed by atoms with Crippen LogP contribution in [-0.2, 0) is 15.1 Å². The molecule has 0 saturated carbocycles. The number of alkyl halides is 3. The number of nitrogens with zero attached hydrogens (tertiary/aromatic N) is 1. The number of methoxy groups -OCH3 is 1. The summed E-state index contributed by atoms with van der Waals surface area (Å²) < 4.78 is 57.5. The summed E-state index contributed by atoms with van der Waals surface area (Å²) in [5.41, 5.74) is -3.69. The Morgan fingerprint density at radius 2 is 1.89 bits per heavy atom. The number of fused-ring (bicyclic) bond motifs is 2. The van der Waals surface area contributed by atoms with E-state index in [1.807, 2.05) is 6.07 Å². The minimum absolute atomic E-state index is 0.0681. The fourth-order valence-electron chi connectivity index (χ4n) is 4.30. The van der Waals surface area contributed by atoms with E-state index in [9.17, 15) is 15.2 Å². The van der Waals surface area contributed by atoms with E-state index in [0.29, 0.717) is 22.0 Å². The Morgan fingerprint density at radius 1 is 1.17 bits per heavy atom. The topological polar surface area (TPSA) is 111 Å². The number of aromatic amines is 2. The highest BCUT2D eigenvalue weighted by Gasteiger charge is 2.62. The number of benzene rings is 2. The molecule has 0 aliphatic heterocycles. The predicted octanol–water partition coefficient (Wildman–Crippen LogP) is 5.77. The fraction of sp³-hybridized carbons (Fsp3) is 0.308. The zero-order valence-corrected chi connectivity index (χ0v) is 20.0. The first-order valence-corrected chi connectivity index (χ1v) is 11.0. The number of aryl methyl sites for hydroxylation is 1. The van der Waals surface area contributed by atoms with Crippen molar-refractivity contribution in [2.75, 3.05) is 13.7 Å². The predicted molar refractivity (Wildman–Crippen MR) is 127 cm³/mol.